The molecule has 118 valence electrons. The maximum atomic E-state index is 11.7. The highest BCUT2D eigenvalue weighted by molar-refractivity contribution is 5.77. The molecule has 0 bridgehead atoms. The molecule has 2 N–H and O–H groups in total. The SMILES string of the molecule is CCNCc1nc(C)ccc1OCC(=O)NCCCOC. The topological polar surface area (TPSA) is 72.5 Å². The van der Waals surface area contributed by atoms with Crippen LogP contribution in [0.1, 0.15) is 24.7 Å². The van der Waals surface area contributed by atoms with Gasteiger partial charge < -0.3 is 20.1 Å². The molecule has 0 aliphatic rings. The van der Waals surface area contributed by atoms with E-state index >= 15 is 0 Å². The van der Waals surface area contributed by atoms with Gasteiger partial charge in [-0.05, 0) is 32.0 Å². The second-order valence-electron chi connectivity index (χ2n) is 4.66. The van der Waals surface area contributed by atoms with Crippen molar-refractivity contribution in [2.45, 2.75) is 26.8 Å². The van der Waals surface area contributed by atoms with Gasteiger partial charge >= 0.3 is 0 Å². The lowest BCUT2D eigenvalue weighted by atomic mass is 10.3. The fraction of sp³-hybridized carbons (Fsp3) is 0.600. The van der Waals surface area contributed by atoms with Crippen molar-refractivity contribution >= 4 is 5.91 Å². The van der Waals surface area contributed by atoms with Crippen molar-refractivity contribution in [3.8, 4) is 5.75 Å². The van der Waals surface area contributed by atoms with Crippen LogP contribution in [0, 0.1) is 6.92 Å². The van der Waals surface area contributed by atoms with E-state index in [4.69, 9.17) is 9.47 Å². The second kappa shape index (κ2) is 10.1. The summed E-state index contributed by atoms with van der Waals surface area (Å²) in [5.41, 5.74) is 1.75. The number of hydrogen-bond donors (Lipinski definition) is 2. The first kappa shape index (κ1) is 17.4. The minimum absolute atomic E-state index is 0.00313. The van der Waals surface area contributed by atoms with Gasteiger partial charge in [0.2, 0.25) is 0 Å². The molecular weight excluding hydrogens is 270 g/mol. The van der Waals surface area contributed by atoms with E-state index in [0.29, 0.717) is 25.4 Å². The fourth-order valence-electron chi connectivity index (χ4n) is 1.74. The second-order valence-corrected chi connectivity index (χ2v) is 4.66. The monoisotopic (exact) mass is 295 g/mol. The van der Waals surface area contributed by atoms with Gasteiger partial charge in [-0.3, -0.25) is 9.78 Å². The molecule has 0 aromatic carbocycles. The summed E-state index contributed by atoms with van der Waals surface area (Å²) < 4.78 is 10.5. The molecule has 0 aliphatic carbocycles. The third-order valence-corrected chi connectivity index (χ3v) is 2.82. The number of ether oxygens (including phenoxy) is 2. The molecule has 1 aromatic rings. The summed E-state index contributed by atoms with van der Waals surface area (Å²) in [5.74, 6) is 0.509. The molecule has 0 atom stereocenters. The number of carbonyl (C=O) groups is 1. The molecule has 0 fully saturated rings. The summed E-state index contributed by atoms with van der Waals surface area (Å²) in [5, 5.41) is 5.99. The number of nitrogens with one attached hydrogen (secondary N) is 2. The van der Waals surface area contributed by atoms with Crippen LogP contribution >= 0.6 is 0 Å². The number of pyridine rings is 1. The van der Waals surface area contributed by atoms with Gasteiger partial charge in [0.15, 0.2) is 6.61 Å². The molecule has 1 aromatic heterocycles. The average Bonchev–Trinajstić information content (AvgIpc) is 2.48. The largest absolute Gasteiger partial charge is 0.482 e. The summed E-state index contributed by atoms with van der Waals surface area (Å²) >= 11 is 0. The van der Waals surface area contributed by atoms with Gasteiger partial charge in [-0.15, -0.1) is 0 Å². The fourth-order valence-corrected chi connectivity index (χ4v) is 1.74. The van der Waals surface area contributed by atoms with Gasteiger partial charge in [0.05, 0.1) is 5.69 Å². The summed E-state index contributed by atoms with van der Waals surface area (Å²) in [6.07, 6.45) is 0.792. The maximum absolute atomic E-state index is 11.7. The minimum Gasteiger partial charge on any atom is -0.482 e. The molecule has 0 spiro atoms. The lowest BCUT2D eigenvalue weighted by Crippen LogP contribution is -2.30. The Bertz CT molecular complexity index is 438. The smallest absolute Gasteiger partial charge is 0.257 e. The number of amides is 1. The van der Waals surface area contributed by atoms with Crippen LogP contribution in [0.2, 0.25) is 0 Å². The van der Waals surface area contributed by atoms with Crippen LogP contribution in [0.25, 0.3) is 0 Å². The molecule has 1 amide bonds. The first-order valence-electron chi connectivity index (χ1n) is 7.23. The van der Waals surface area contributed by atoms with Crippen molar-refractivity contribution in [3.05, 3.63) is 23.5 Å². The van der Waals surface area contributed by atoms with Crippen LogP contribution in [-0.2, 0) is 16.1 Å². The van der Waals surface area contributed by atoms with E-state index < -0.39 is 0 Å². The van der Waals surface area contributed by atoms with Crippen LogP contribution in [0.4, 0.5) is 0 Å². The van der Waals surface area contributed by atoms with Gasteiger partial charge in [-0.25, -0.2) is 0 Å². The number of carbonyl (C=O) groups excluding carboxylic acids is 1. The first-order valence-corrected chi connectivity index (χ1v) is 7.23. The van der Waals surface area contributed by atoms with Crippen LogP contribution in [0.5, 0.6) is 5.75 Å². The highest BCUT2D eigenvalue weighted by Crippen LogP contribution is 2.16. The summed E-state index contributed by atoms with van der Waals surface area (Å²) in [4.78, 5) is 16.1. The Kier molecular flexibility index (Phi) is 8.38. The van der Waals surface area contributed by atoms with Crippen LogP contribution in [-0.4, -0.2) is 44.3 Å². The number of nitrogens with zero attached hydrogens (tertiary/aromatic N) is 1. The van der Waals surface area contributed by atoms with Gasteiger partial charge in [-0.1, -0.05) is 6.92 Å². The molecule has 0 saturated carbocycles. The number of aromatic nitrogens is 1. The molecule has 6 heteroatoms. The first-order chi connectivity index (χ1) is 10.2. The Morgan fingerprint density at radius 1 is 1.38 bits per heavy atom. The number of rotatable bonds is 10. The Morgan fingerprint density at radius 3 is 2.90 bits per heavy atom. The highest BCUT2D eigenvalue weighted by Gasteiger charge is 2.08. The van der Waals surface area contributed by atoms with Gasteiger partial charge in [0.1, 0.15) is 5.75 Å². The molecule has 6 nitrogen and oxygen atoms in total. The van der Waals surface area contributed by atoms with Crippen molar-refractivity contribution in [3.63, 3.8) is 0 Å². The van der Waals surface area contributed by atoms with Crippen molar-refractivity contribution in [2.75, 3.05) is 33.4 Å². The molecule has 1 rings (SSSR count). The Balaban J connectivity index is 2.44. The van der Waals surface area contributed by atoms with E-state index in [1.807, 2.05) is 26.0 Å². The summed E-state index contributed by atoms with van der Waals surface area (Å²) in [6.45, 7) is 6.67. The van der Waals surface area contributed by atoms with E-state index in [9.17, 15) is 4.79 Å². The molecule has 0 unspecified atom stereocenters. The van der Waals surface area contributed by atoms with Crippen molar-refractivity contribution in [1.29, 1.82) is 0 Å². The molecule has 0 saturated heterocycles. The van der Waals surface area contributed by atoms with Crippen LogP contribution < -0.4 is 15.4 Å². The van der Waals surface area contributed by atoms with E-state index in [2.05, 4.69) is 15.6 Å². The third kappa shape index (κ3) is 7.06. The predicted octanol–water partition coefficient (Wildman–Crippen LogP) is 1.03. The minimum atomic E-state index is -0.138. The lowest BCUT2D eigenvalue weighted by Gasteiger charge is -2.12. The molecular formula is C15H25N3O3. The zero-order valence-corrected chi connectivity index (χ0v) is 13.1. The van der Waals surface area contributed by atoms with Crippen molar-refractivity contribution in [2.24, 2.45) is 0 Å². The maximum Gasteiger partial charge on any atom is 0.257 e. The Morgan fingerprint density at radius 2 is 2.19 bits per heavy atom. The Labute approximate surface area is 126 Å². The zero-order chi connectivity index (χ0) is 15.5. The molecule has 1 heterocycles. The molecule has 21 heavy (non-hydrogen) atoms. The van der Waals surface area contributed by atoms with Crippen LogP contribution in [0.15, 0.2) is 12.1 Å². The highest BCUT2D eigenvalue weighted by atomic mass is 16.5. The van der Waals surface area contributed by atoms with E-state index in [0.717, 1.165) is 24.4 Å². The quantitative estimate of drug-likeness (QED) is 0.631. The van der Waals surface area contributed by atoms with Crippen molar-refractivity contribution < 1.29 is 14.3 Å². The average molecular weight is 295 g/mol. The van der Waals surface area contributed by atoms with Crippen LogP contribution in [0.3, 0.4) is 0 Å². The van der Waals surface area contributed by atoms with E-state index in [-0.39, 0.29) is 12.5 Å². The van der Waals surface area contributed by atoms with E-state index in [1.165, 1.54) is 0 Å². The van der Waals surface area contributed by atoms with Gasteiger partial charge in [0, 0.05) is 32.5 Å². The predicted molar refractivity (Wildman–Crippen MR) is 81.4 cm³/mol. The van der Waals surface area contributed by atoms with E-state index in [1.54, 1.807) is 7.11 Å². The number of aryl methyl sites for hydroxylation is 1. The van der Waals surface area contributed by atoms with Gasteiger partial charge in [0.25, 0.3) is 5.91 Å². The third-order valence-electron chi connectivity index (χ3n) is 2.82. The van der Waals surface area contributed by atoms with Gasteiger partial charge in [-0.2, -0.15) is 0 Å². The normalized spacial score (nSPS) is 10.4. The zero-order valence-electron chi connectivity index (χ0n) is 13.1. The molecule has 0 aliphatic heterocycles. The summed E-state index contributed by atoms with van der Waals surface area (Å²) in [6, 6.07) is 3.73. The number of hydrogen-bond acceptors (Lipinski definition) is 5. The number of methoxy groups -OCH3 is 1. The standard InChI is InChI=1S/C15H25N3O3/c1-4-16-10-13-14(7-6-12(2)18-13)21-11-15(19)17-8-5-9-20-3/h6-7,16H,4-5,8-11H2,1-3H3,(H,17,19). The van der Waals surface area contributed by atoms with Crippen molar-refractivity contribution in [1.82, 2.24) is 15.6 Å². The molecule has 0 radical (unpaired) electrons. The lowest BCUT2D eigenvalue weighted by molar-refractivity contribution is -0.123. The Hall–Kier alpha value is -1.66. The summed E-state index contributed by atoms with van der Waals surface area (Å²) in [7, 11) is 1.64.